The summed E-state index contributed by atoms with van der Waals surface area (Å²) < 4.78 is 27.1. The SMILES string of the molecule is CS(=O)(=O)NC(c1ccccc1)C(NCCCc1ccccc1)c1ccccc1. The molecule has 3 aromatic rings. The maximum atomic E-state index is 12.1. The Kier molecular flexibility index (Phi) is 7.58. The van der Waals surface area contributed by atoms with Gasteiger partial charge in [0, 0.05) is 0 Å². The summed E-state index contributed by atoms with van der Waals surface area (Å²) in [5.74, 6) is 0. The molecule has 0 aliphatic carbocycles. The van der Waals surface area contributed by atoms with Crippen molar-refractivity contribution < 1.29 is 8.42 Å². The lowest BCUT2D eigenvalue weighted by Gasteiger charge is -2.29. The van der Waals surface area contributed by atoms with Crippen LogP contribution in [0.5, 0.6) is 0 Å². The van der Waals surface area contributed by atoms with Gasteiger partial charge >= 0.3 is 0 Å². The van der Waals surface area contributed by atoms with E-state index in [1.807, 2.05) is 66.7 Å². The molecule has 0 aliphatic heterocycles. The fourth-order valence-corrected chi connectivity index (χ4v) is 4.24. The molecule has 29 heavy (non-hydrogen) atoms. The zero-order chi connectivity index (χ0) is 20.5. The first-order valence-electron chi connectivity index (χ1n) is 9.87. The Labute approximate surface area is 174 Å². The van der Waals surface area contributed by atoms with Crippen molar-refractivity contribution in [2.24, 2.45) is 0 Å². The zero-order valence-corrected chi connectivity index (χ0v) is 17.5. The van der Waals surface area contributed by atoms with E-state index in [0.717, 1.165) is 30.5 Å². The molecule has 0 aliphatic rings. The highest BCUT2D eigenvalue weighted by molar-refractivity contribution is 7.88. The summed E-state index contributed by atoms with van der Waals surface area (Å²) in [7, 11) is -3.39. The fourth-order valence-electron chi connectivity index (χ4n) is 3.50. The number of sulfonamides is 1. The van der Waals surface area contributed by atoms with E-state index in [-0.39, 0.29) is 6.04 Å². The maximum Gasteiger partial charge on any atom is 0.209 e. The second-order valence-electron chi connectivity index (χ2n) is 7.21. The van der Waals surface area contributed by atoms with Gasteiger partial charge in [-0.25, -0.2) is 13.1 Å². The lowest BCUT2D eigenvalue weighted by molar-refractivity contribution is 0.421. The molecular weight excluding hydrogens is 380 g/mol. The van der Waals surface area contributed by atoms with Gasteiger partial charge < -0.3 is 5.32 Å². The second kappa shape index (κ2) is 10.3. The third-order valence-electron chi connectivity index (χ3n) is 4.84. The van der Waals surface area contributed by atoms with E-state index in [1.54, 1.807) is 0 Å². The minimum absolute atomic E-state index is 0.177. The summed E-state index contributed by atoms with van der Waals surface area (Å²) in [5.41, 5.74) is 3.29. The summed E-state index contributed by atoms with van der Waals surface area (Å²) >= 11 is 0. The quantitative estimate of drug-likeness (QED) is 0.493. The predicted octanol–water partition coefficient (Wildman–Crippen LogP) is 4.24. The predicted molar refractivity (Wildman–Crippen MR) is 119 cm³/mol. The van der Waals surface area contributed by atoms with Crippen LogP contribution in [0.15, 0.2) is 91.0 Å². The van der Waals surface area contributed by atoms with Crippen molar-refractivity contribution in [3.8, 4) is 0 Å². The summed E-state index contributed by atoms with van der Waals surface area (Å²) in [6.07, 6.45) is 3.15. The smallest absolute Gasteiger partial charge is 0.209 e. The highest BCUT2D eigenvalue weighted by Crippen LogP contribution is 2.29. The van der Waals surface area contributed by atoms with Crippen LogP contribution in [-0.2, 0) is 16.4 Å². The van der Waals surface area contributed by atoms with Crippen molar-refractivity contribution in [3.05, 3.63) is 108 Å². The van der Waals surface area contributed by atoms with Gasteiger partial charge in [0.2, 0.25) is 10.0 Å². The highest BCUT2D eigenvalue weighted by Gasteiger charge is 2.27. The molecule has 152 valence electrons. The van der Waals surface area contributed by atoms with Gasteiger partial charge in [-0.3, -0.25) is 0 Å². The van der Waals surface area contributed by atoms with Crippen LogP contribution in [-0.4, -0.2) is 21.2 Å². The number of nitrogens with one attached hydrogen (secondary N) is 2. The van der Waals surface area contributed by atoms with Gasteiger partial charge in [0.1, 0.15) is 0 Å². The fraction of sp³-hybridized carbons (Fsp3) is 0.250. The average Bonchev–Trinajstić information content (AvgIpc) is 2.74. The van der Waals surface area contributed by atoms with Crippen LogP contribution in [0.1, 0.15) is 35.2 Å². The first-order valence-corrected chi connectivity index (χ1v) is 11.8. The Hall–Kier alpha value is -2.47. The van der Waals surface area contributed by atoms with Gasteiger partial charge in [-0.2, -0.15) is 0 Å². The maximum absolute atomic E-state index is 12.1. The molecule has 2 N–H and O–H groups in total. The summed E-state index contributed by atoms with van der Waals surface area (Å²) in [6.45, 7) is 0.781. The molecule has 0 saturated heterocycles. The van der Waals surface area contributed by atoms with Gasteiger partial charge in [-0.1, -0.05) is 91.0 Å². The molecule has 0 aromatic heterocycles. The van der Waals surface area contributed by atoms with E-state index in [0.29, 0.717) is 0 Å². The molecular formula is C24H28N2O2S. The number of aryl methyl sites for hydroxylation is 1. The normalized spacial score (nSPS) is 13.7. The Morgan fingerprint density at radius 1 is 0.724 bits per heavy atom. The van der Waals surface area contributed by atoms with Gasteiger partial charge in [-0.05, 0) is 36.1 Å². The minimum Gasteiger partial charge on any atom is -0.308 e. The Balaban J connectivity index is 1.80. The standard InChI is InChI=1S/C24H28N2O2S/c1-29(27,28)26-24(22-17-9-4-10-18-22)23(21-15-7-3-8-16-21)25-19-11-14-20-12-5-2-6-13-20/h2-10,12-13,15-18,23-26H,11,14,19H2,1H3. The van der Waals surface area contributed by atoms with Crippen LogP contribution in [0.2, 0.25) is 0 Å². The van der Waals surface area contributed by atoms with E-state index in [4.69, 9.17) is 0 Å². The summed E-state index contributed by atoms with van der Waals surface area (Å²) in [4.78, 5) is 0. The molecule has 2 atom stereocenters. The van der Waals surface area contributed by atoms with Crippen LogP contribution in [0, 0.1) is 0 Å². The van der Waals surface area contributed by atoms with E-state index >= 15 is 0 Å². The monoisotopic (exact) mass is 408 g/mol. The number of hydrogen-bond acceptors (Lipinski definition) is 3. The van der Waals surface area contributed by atoms with Gasteiger partial charge in [-0.15, -0.1) is 0 Å². The van der Waals surface area contributed by atoms with Crippen molar-refractivity contribution in [1.82, 2.24) is 10.0 Å². The minimum atomic E-state index is -3.39. The second-order valence-corrected chi connectivity index (χ2v) is 8.99. The third kappa shape index (κ3) is 6.82. The first-order chi connectivity index (χ1) is 14.0. The van der Waals surface area contributed by atoms with Crippen LogP contribution in [0.4, 0.5) is 0 Å². The molecule has 0 heterocycles. The first kappa shape index (κ1) is 21.2. The largest absolute Gasteiger partial charge is 0.308 e. The molecule has 0 saturated carbocycles. The summed E-state index contributed by atoms with van der Waals surface area (Å²) in [6, 6.07) is 29.6. The van der Waals surface area contributed by atoms with E-state index in [1.165, 1.54) is 11.8 Å². The van der Waals surface area contributed by atoms with Crippen molar-refractivity contribution in [1.29, 1.82) is 0 Å². The van der Waals surface area contributed by atoms with E-state index in [2.05, 4.69) is 34.3 Å². The number of rotatable bonds is 10. The Morgan fingerprint density at radius 2 is 1.21 bits per heavy atom. The van der Waals surface area contributed by atoms with Crippen LogP contribution in [0.25, 0.3) is 0 Å². The van der Waals surface area contributed by atoms with Crippen molar-refractivity contribution in [2.75, 3.05) is 12.8 Å². The van der Waals surface area contributed by atoms with Crippen molar-refractivity contribution >= 4 is 10.0 Å². The molecule has 0 amide bonds. The van der Waals surface area contributed by atoms with Gasteiger partial charge in [0.05, 0.1) is 18.3 Å². The van der Waals surface area contributed by atoms with E-state index in [9.17, 15) is 8.42 Å². The number of benzene rings is 3. The average molecular weight is 409 g/mol. The van der Waals surface area contributed by atoms with Crippen LogP contribution in [0.3, 0.4) is 0 Å². The molecule has 4 nitrogen and oxygen atoms in total. The van der Waals surface area contributed by atoms with E-state index < -0.39 is 16.1 Å². The number of hydrogen-bond donors (Lipinski definition) is 2. The van der Waals surface area contributed by atoms with Gasteiger partial charge in [0.15, 0.2) is 0 Å². The van der Waals surface area contributed by atoms with Crippen molar-refractivity contribution in [3.63, 3.8) is 0 Å². The lowest BCUT2D eigenvalue weighted by Crippen LogP contribution is -2.38. The van der Waals surface area contributed by atoms with Crippen LogP contribution >= 0.6 is 0 Å². The molecule has 3 aromatic carbocycles. The third-order valence-corrected chi connectivity index (χ3v) is 5.52. The molecule has 0 fully saturated rings. The molecule has 2 unspecified atom stereocenters. The topological polar surface area (TPSA) is 58.2 Å². The Morgan fingerprint density at radius 3 is 1.72 bits per heavy atom. The molecule has 3 rings (SSSR count). The molecule has 5 heteroatoms. The molecule has 0 bridgehead atoms. The Bertz CT molecular complexity index is 962. The summed E-state index contributed by atoms with van der Waals surface area (Å²) in [5, 5.41) is 3.60. The highest BCUT2D eigenvalue weighted by atomic mass is 32.2. The van der Waals surface area contributed by atoms with Crippen molar-refractivity contribution in [2.45, 2.75) is 24.9 Å². The van der Waals surface area contributed by atoms with Gasteiger partial charge in [0.25, 0.3) is 0 Å². The van der Waals surface area contributed by atoms with Crippen LogP contribution < -0.4 is 10.0 Å². The molecule has 0 radical (unpaired) electrons. The zero-order valence-electron chi connectivity index (χ0n) is 16.7. The lowest BCUT2D eigenvalue weighted by atomic mass is 9.94. The molecule has 0 spiro atoms.